The molecule has 0 heterocycles. The smallest absolute Gasteiger partial charge is 0.0570 e. The van der Waals surface area contributed by atoms with Crippen molar-refractivity contribution in [3.63, 3.8) is 0 Å². The molecule has 1 fully saturated rings. The van der Waals surface area contributed by atoms with Crippen LogP contribution < -0.4 is 5.32 Å². The van der Waals surface area contributed by atoms with Crippen LogP contribution in [0.4, 0.5) is 0 Å². The summed E-state index contributed by atoms with van der Waals surface area (Å²) in [7, 11) is 0. The van der Waals surface area contributed by atoms with Gasteiger partial charge in [-0.25, -0.2) is 0 Å². The van der Waals surface area contributed by atoms with E-state index in [0.717, 1.165) is 19.4 Å². The van der Waals surface area contributed by atoms with Crippen molar-refractivity contribution >= 4 is 0 Å². The highest BCUT2D eigenvalue weighted by atomic mass is 16.3. The third kappa shape index (κ3) is 2.58. The van der Waals surface area contributed by atoms with E-state index in [1.54, 1.807) is 0 Å². The minimum absolute atomic E-state index is 0.0679. The van der Waals surface area contributed by atoms with E-state index in [-0.39, 0.29) is 6.10 Å². The van der Waals surface area contributed by atoms with Gasteiger partial charge in [-0.15, -0.1) is 0 Å². The summed E-state index contributed by atoms with van der Waals surface area (Å²) in [6, 6.07) is 7.07. The van der Waals surface area contributed by atoms with Gasteiger partial charge in [0.25, 0.3) is 0 Å². The van der Waals surface area contributed by atoms with Crippen LogP contribution in [-0.2, 0) is 6.54 Å². The van der Waals surface area contributed by atoms with Gasteiger partial charge in [-0.1, -0.05) is 23.8 Å². The normalized spacial score (nSPS) is 25.0. The van der Waals surface area contributed by atoms with Gasteiger partial charge in [-0.05, 0) is 37.8 Å². The van der Waals surface area contributed by atoms with Crippen molar-refractivity contribution in [1.29, 1.82) is 0 Å². The Morgan fingerprint density at radius 1 is 1.33 bits per heavy atom. The second-order valence-corrected chi connectivity index (χ2v) is 4.63. The highest BCUT2D eigenvalue weighted by molar-refractivity contribution is 5.30. The lowest BCUT2D eigenvalue weighted by Gasteiger charge is -2.32. The minimum atomic E-state index is -0.0679. The maximum absolute atomic E-state index is 9.17. The first-order chi connectivity index (χ1) is 7.15. The average Bonchev–Trinajstić information content (AvgIpc) is 2.13. The molecule has 2 rings (SSSR count). The highest BCUT2D eigenvalue weighted by Gasteiger charge is 2.26. The molecule has 0 radical (unpaired) electrons. The number of aryl methyl sites for hydroxylation is 2. The monoisotopic (exact) mass is 205 g/mol. The zero-order valence-electron chi connectivity index (χ0n) is 9.46. The van der Waals surface area contributed by atoms with Crippen molar-refractivity contribution in [1.82, 2.24) is 5.32 Å². The summed E-state index contributed by atoms with van der Waals surface area (Å²) in [5, 5.41) is 12.6. The summed E-state index contributed by atoms with van der Waals surface area (Å²) in [6.45, 7) is 5.19. The van der Waals surface area contributed by atoms with Crippen LogP contribution in [0, 0.1) is 13.8 Å². The van der Waals surface area contributed by atoms with Crippen LogP contribution >= 0.6 is 0 Å². The minimum Gasteiger partial charge on any atom is -0.393 e. The number of aliphatic hydroxyl groups excluding tert-OH is 1. The van der Waals surface area contributed by atoms with Gasteiger partial charge in [-0.2, -0.15) is 0 Å². The quantitative estimate of drug-likeness (QED) is 0.790. The second-order valence-electron chi connectivity index (χ2n) is 4.63. The summed E-state index contributed by atoms with van der Waals surface area (Å²) < 4.78 is 0. The molecule has 2 nitrogen and oxygen atoms in total. The van der Waals surface area contributed by atoms with Crippen LogP contribution in [0.15, 0.2) is 18.2 Å². The van der Waals surface area contributed by atoms with Crippen molar-refractivity contribution in [2.75, 3.05) is 0 Å². The summed E-state index contributed by atoms with van der Waals surface area (Å²) in [5.74, 6) is 0. The van der Waals surface area contributed by atoms with E-state index in [4.69, 9.17) is 5.11 Å². The van der Waals surface area contributed by atoms with Gasteiger partial charge < -0.3 is 10.4 Å². The standard InChI is InChI=1S/C13H19NO/c1-9-3-4-11(10(2)5-9)8-14-12-6-13(15)7-12/h3-5,12-15H,6-8H2,1-2H3. The Hall–Kier alpha value is -0.860. The van der Waals surface area contributed by atoms with Gasteiger partial charge in [0.1, 0.15) is 0 Å². The lowest BCUT2D eigenvalue weighted by atomic mass is 9.89. The molecule has 0 atom stereocenters. The van der Waals surface area contributed by atoms with E-state index in [0.29, 0.717) is 6.04 Å². The van der Waals surface area contributed by atoms with Gasteiger partial charge >= 0.3 is 0 Å². The van der Waals surface area contributed by atoms with E-state index in [1.165, 1.54) is 16.7 Å². The Morgan fingerprint density at radius 2 is 2.07 bits per heavy atom. The molecular formula is C13H19NO. The van der Waals surface area contributed by atoms with Gasteiger partial charge in [0.15, 0.2) is 0 Å². The van der Waals surface area contributed by atoms with Crippen molar-refractivity contribution in [2.45, 2.75) is 45.4 Å². The van der Waals surface area contributed by atoms with Gasteiger partial charge in [0.2, 0.25) is 0 Å². The molecule has 1 aliphatic rings. The van der Waals surface area contributed by atoms with Gasteiger partial charge in [-0.3, -0.25) is 0 Å². The molecule has 0 aromatic heterocycles. The fourth-order valence-electron chi connectivity index (χ4n) is 2.05. The first-order valence-electron chi connectivity index (χ1n) is 5.63. The number of aliphatic hydroxyl groups is 1. The molecule has 1 aliphatic carbocycles. The number of rotatable bonds is 3. The molecule has 15 heavy (non-hydrogen) atoms. The zero-order chi connectivity index (χ0) is 10.8. The van der Waals surface area contributed by atoms with Crippen LogP contribution in [0.1, 0.15) is 29.5 Å². The fourth-order valence-corrected chi connectivity index (χ4v) is 2.05. The summed E-state index contributed by atoms with van der Waals surface area (Å²) >= 11 is 0. The molecule has 0 bridgehead atoms. The molecule has 1 aromatic rings. The van der Waals surface area contributed by atoms with Crippen LogP contribution in [0.2, 0.25) is 0 Å². The SMILES string of the molecule is Cc1ccc(CNC2CC(O)C2)c(C)c1. The molecule has 2 heteroatoms. The number of hydrogen-bond acceptors (Lipinski definition) is 2. The predicted molar refractivity (Wildman–Crippen MR) is 61.8 cm³/mol. The van der Waals surface area contributed by atoms with Gasteiger partial charge in [0.05, 0.1) is 6.10 Å². The van der Waals surface area contributed by atoms with E-state index in [2.05, 4.69) is 37.4 Å². The summed E-state index contributed by atoms with van der Waals surface area (Å²) in [4.78, 5) is 0. The van der Waals surface area contributed by atoms with Crippen LogP contribution in [-0.4, -0.2) is 17.3 Å². The Morgan fingerprint density at radius 3 is 2.67 bits per heavy atom. The first kappa shape index (κ1) is 10.7. The maximum atomic E-state index is 9.17. The van der Waals surface area contributed by atoms with E-state index < -0.39 is 0 Å². The van der Waals surface area contributed by atoms with Gasteiger partial charge in [0, 0.05) is 12.6 Å². The third-order valence-electron chi connectivity index (χ3n) is 3.19. The molecular weight excluding hydrogens is 186 g/mol. The van der Waals surface area contributed by atoms with Crippen LogP contribution in [0.3, 0.4) is 0 Å². The second kappa shape index (κ2) is 4.33. The number of hydrogen-bond donors (Lipinski definition) is 2. The molecule has 0 saturated heterocycles. The molecule has 82 valence electrons. The molecule has 1 aromatic carbocycles. The predicted octanol–water partition coefficient (Wildman–Crippen LogP) is 1.92. The Labute approximate surface area is 91.3 Å². The lowest BCUT2D eigenvalue weighted by molar-refractivity contribution is 0.0619. The number of benzene rings is 1. The zero-order valence-corrected chi connectivity index (χ0v) is 9.46. The topological polar surface area (TPSA) is 32.3 Å². The molecule has 0 unspecified atom stereocenters. The van der Waals surface area contributed by atoms with Crippen LogP contribution in [0.25, 0.3) is 0 Å². The van der Waals surface area contributed by atoms with Crippen molar-refractivity contribution in [3.8, 4) is 0 Å². The molecule has 0 amide bonds. The first-order valence-corrected chi connectivity index (χ1v) is 5.63. The Bertz CT molecular complexity index is 342. The third-order valence-corrected chi connectivity index (χ3v) is 3.19. The molecule has 0 aliphatic heterocycles. The fraction of sp³-hybridized carbons (Fsp3) is 0.538. The maximum Gasteiger partial charge on any atom is 0.0570 e. The highest BCUT2D eigenvalue weighted by Crippen LogP contribution is 2.20. The van der Waals surface area contributed by atoms with Crippen molar-refractivity contribution in [2.24, 2.45) is 0 Å². The Kier molecular flexibility index (Phi) is 3.08. The summed E-state index contributed by atoms with van der Waals surface area (Å²) in [6.07, 6.45) is 1.75. The lowest BCUT2D eigenvalue weighted by Crippen LogP contribution is -2.43. The molecule has 1 saturated carbocycles. The summed E-state index contributed by atoms with van der Waals surface area (Å²) in [5.41, 5.74) is 4.03. The Balaban J connectivity index is 1.88. The van der Waals surface area contributed by atoms with Crippen molar-refractivity contribution in [3.05, 3.63) is 34.9 Å². The largest absolute Gasteiger partial charge is 0.393 e. The average molecular weight is 205 g/mol. The molecule has 0 spiro atoms. The van der Waals surface area contributed by atoms with Crippen molar-refractivity contribution < 1.29 is 5.11 Å². The number of nitrogens with one attached hydrogen (secondary N) is 1. The van der Waals surface area contributed by atoms with E-state index >= 15 is 0 Å². The van der Waals surface area contributed by atoms with E-state index in [1.807, 2.05) is 0 Å². The van der Waals surface area contributed by atoms with E-state index in [9.17, 15) is 0 Å². The van der Waals surface area contributed by atoms with Crippen LogP contribution in [0.5, 0.6) is 0 Å². The molecule has 2 N–H and O–H groups in total.